The van der Waals surface area contributed by atoms with Gasteiger partial charge in [-0.15, -0.1) is 0 Å². The molecule has 1 aromatic heterocycles. The van der Waals surface area contributed by atoms with Crippen LogP contribution >= 0.6 is 0 Å². The molecule has 1 saturated heterocycles. The van der Waals surface area contributed by atoms with Crippen LogP contribution in [0.15, 0.2) is 67.0 Å². The highest BCUT2D eigenvalue weighted by Crippen LogP contribution is 2.37. The molecule has 1 fully saturated rings. The van der Waals surface area contributed by atoms with Crippen LogP contribution in [0.1, 0.15) is 32.6 Å². The van der Waals surface area contributed by atoms with Crippen LogP contribution in [0.5, 0.6) is 0 Å². The summed E-state index contributed by atoms with van der Waals surface area (Å²) < 4.78 is 93.6. The van der Waals surface area contributed by atoms with Gasteiger partial charge in [-0.2, -0.15) is 26.3 Å². The van der Waals surface area contributed by atoms with Crippen LogP contribution in [0.25, 0.3) is 0 Å². The number of hydrogen-bond acceptors (Lipinski definition) is 3. The van der Waals surface area contributed by atoms with Gasteiger partial charge in [-0.3, -0.25) is 14.7 Å². The Bertz CT molecular complexity index is 1200. The Morgan fingerprint density at radius 2 is 1.54 bits per heavy atom. The summed E-state index contributed by atoms with van der Waals surface area (Å²) in [5.41, 5.74) is -2.19. The molecule has 0 bridgehead atoms. The smallest absolute Gasteiger partial charge is 0.333 e. The van der Waals surface area contributed by atoms with E-state index in [-0.39, 0.29) is 19.0 Å². The van der Waals surface area contributed by atoms with Gasteiger partial charge in [0, 0.05) is 50.2 Å². The monoisotopic (exact) mass is 525 g/mol. The molecule has 196 valence electrons. The van der Waals surface area contributed by atoms with E-state index < -0.39 is 46.8 Å². The maximum absolute atomic E-state index is 13.4. The number of benzene rings is 2. The number of rotatable bonds is 5. The van der Waals surface area contributed by atoms with E-state index in [9.17, 15) is 35.5 Å². The van der Waals surface area contributed by atoms with Crippen LogP contribution in [-0.2, 0) is 25.3 Å². The molecule has 0 N–H and O–H groups in total. The predicted octanol–water partition coefficient (Wildman–Crippen LogP) is 5.83. The molecule has 4 rings (SSSR count). The number of pyridine rings is 1. The van der Waals surface area contributed by atoms with Crippen LogP contribution in [0.2, 0.25) is 0 Å². The SMILES string of the molecule is O=C(c1cc(C(F)(F)F)cc(C(F)(F)F)c1)N1CCN(Cc2cccnc2)CC1Cc1ccc(F)cc1. The van der Waals surface area contributed by atoms with Crippen LogP contribution < -0.4 is 0 Å². The average Bonchev–Trinajstić information content (AvgIpc) is 2.84. The maximum atomic E-state index is 13.4. The van der Waals surface area contributed by atoms with Crippen molar-refractivity contribution in [1.82, 2.24) is 14.8 Å². The van der Waals surface area contributed by atoms with E-state index in [1.165, 1.54) is 29.2 Å². The fourth-order valence-corrected chi connectivity index (χ4v) is 4.39. The largest absolute Gasteiger partial charge is 0.416 e. The molecule has 0 spiro atoms. The van der Waals surface area contributed by atoms with Gasteiger partial charge in [0.15, 0.2) is 0 Å². The van der Waals surface area contributed by atoms with Gasteiger partial charge < -0.3 is 4.90 Å². The van der Waals surface area contributed by atoms with Crippen molar-refractivity contribution in [2.75, 3.05) is 19.6 Å². The zero-order valence-electron chi connectivity index (χ0n) is 19.4. The number of piperazine rings is 1. The van der Waals surface area contributed by atoms with E-state index in [0.717, 1.165) is 5.56 Å². The normalized spacial score (nSPS) is 17.2. The van der Waals surface area contributed by atoms with E-state index in [2.05, 4.69) is 4.98 Å². The van der Waals surface area contributed by atoms with Crippen molar-refractivity contribution in [3.05, 3.63) is 101 Å². The third-order valence-corrected chi connectivity index (χ3v) is 6.18. The van der Waals surface area contributed by atoms with E-state index >= 15 is 0 Å². The maximum Gasteiger partial charge on any atom is 0.416 e. The number of aromatic nitrogens is 1. The Morgan fingerprint density at radius 1 is 0.892 bits per heavy atom. The minimum absolute atomic E-state index is 0.00138. The molecule has 1 aliphatic heterocycles. The predicted molar refractivity (Wildman–Crippen MR) is 121 cm³/mol. The molecule has 11 heteroatoms. The summed E-state index contributed by atoms with van der Waals surface area (Å²) in [6.45, 7) is 1.24. The zero-order chi connectivity index (χ0) is 26.8. The van der Waals surface area contributed by atoms with Crippen molar-refractivity contribution in [2.45, 2.75) is 31.4 Å². The van der Waals surface area contributed by atoms with Crippen LogP contribution in [0, 0.1) is 5.82 Å². The zero-order valence-corrected chi connectivity index (χ0v) is 19.4. The van der Waals surface area contributed by atoms with Gasteiger partial charge in [0.2, 0.25) is 0 Å². The lowest BCUT2D eigenvalue weighted by Gasteiger charge is -2.42. The fourth-order valence-electron chi connectivity index (χ4n) is 4.39. The van der Waals surface area contributed by atoms with Crippen LogP contribution in [0.4, 0.5) is 30.7 Å². The molecule has 0 aliphatic carbocycles. The van der Waals surface area contributed by atoms with Crippen molar-refractivity contribution < 1.29 is 35.5 Å². The Balaban J connectivity index is 1.65. The molecule has 0 radical (unpaired) electrons. The molecular formula is C26H22F7N3O. The Kier molecular flexibility index (Phi) is 7.54. The van der Waals surface area contributed by atoms with Crippen molar-refractivity contribution in [2.24, 2.45) is 0 Å². The second kappa shape index (κ2) is 10.5. The number of carbonyl (C=O) groups excluding carboxylic acids is 1. The van der Waals surface area contributed by atoms with E-state index in [1.54, 1.807) is 18.5 Å². The van der Waals surface area contributed by atoms with Gasteiger partial charge in [-0.1, -0.05) is 18.2 Å². The summed E-state index contributed by atoms with van der Waals surface area (Å²) in [5.74, 6) is -1.38. The Hall–Kier alpha value is -3.47. The van der Waals surface area contributed by atoms with Gasteiger partial charge in [-0.05, 0) is 53.9 Å². The third-order valence-electron chi connectivity index (χ3n) is 6.18. The van der Waals surface area contributed by atoms with Crippen molar-refractivity contribution in [3.63, 3.8) is 0 Å². The molecule has 4 nitrogen and oxygen atoms in total. The fraction of sp³-hybridized carbons (Fsp3) is 0.308. The van der Waals surface area contributed by atoms with Crippen molar-refractivity contribution in [1.29, 1.82) is 0 Å². The number of halogens is 7. The second-order valence-corrected chi connectivity index (χ2v) is 8.87. The molecule has 2 heterocycles. The first-order valence-electron chi connectivity index (χ1n) is 11.4. The number of amides is 1. The van der Waals surface area contributed by atoms with Gasteiger partial charge in [0.05, 0.1) is 11.1 Å². The number of alkyl halides is 6. The van der Waals surface area contributed by atoms with Gasteiger partial charge in [-0.25, -0.2) is 4.39 Å². The summed E-state index contributed by atoms with van der Waals surface area (Å²) in [6.07, 6.45) is -6.57. The quantitative estimate of drug-likeness (QED) is 0.394. The van der Waals surface area contributed by atoms with Gasteiger partial charge >= 0.3 is 12.4 Å². The lowest BCUT2D eigenvalue weighted by molar-refractivity contribution is -0.143. The standard InChI is InChI=1S/C26H22F7N3O/c27-22-5-3-17(4-6-22)10-23-16-35(15-18-2-1-7-34-14-18)8-9-36(23)24(37)19-11-20(25(28,29)30)13-21(12-19)26(31,32)33/h1-7,11-14,23H,8-10,15-16H2. The molecule has 1 unspecified atom stereocenters. The number of nitrogens with zero attached hydrogens (tertiary/aromatic N) is 3. The highest BCUT2D eigenvalue weighted by molar-refractivity contribution is 5.95. The first-order valence-corrected chi connectivity index (χ1v) is 11.4. The summed E-state index contributed by atoms with van der Waals surface area (Å²) >= 11 is 0. The molecule has 0 saturated carbocycles. The van der Waals surface area contributed by atoms with Crippen molar-refractivity contribution in [3.8, 4) is 0 Å². The topological polar surface area (TPSA) is 36.4 Å². The molecule has 1 aliphatic rings. The van der Waals surface area contributed by atoms with E-state index in [0.29, 0.717) is 37.3 Å². The molecule has 1 atom stereocenters. The summed E-state index contributed by atoms with van der Waals surface area (Å²) in [7, 11) is 0. The number of hydrogen-bond donors (Lipinski definition) is 0. The molecular weight excluding hydrogens is 503 g/mol. The van der Waals surface area contributed by atoms with E-state index in [1.807, 2.05) is 11.0 Å². The number of carbonyl (C=O) groups is 1. The molecule has 37 heavy (non-hydrogen) atoms. The first-order chi connectivity index (χ1) is 17.4. The third kappa shape index (κ3) is 6.65. The molecule has 1 amide bonds. The Morgan fingerprint density at radius 3 is 2.11 bits per heavy atom. The lowest BCUT2D eigenvalue weighted by atomic mass is 9.99. The van der Waals surface area contributed by atoms with Crippen molar-refractivity contribution >= 4 is 5.91 Å². The molecule has 3 aromatic rings. The lowest BCUT2D eigenvalue weighted by Crippen LogP contribution is -2.55. The average molecular weight is 525 g/mol. The highest BCUT2D eigenvalue weighted by atomic mass is 19.4. The van der Waals surface area contributed by atoms with E-state index in [4.69, 9.17) is 0 Å². The Labute approximate surface area is 208 Å². The summed E-state index contributed by atoms with van der Waals surface area (Å²) in [4.78, 5) is 20.8. The van der Waals surface area contributed by atoms with Crippen LogP contribution in [-0.4, -0.2) is 46.4 Å². The minimum atomic E-state index is -5.06. The molecule has 2 aromatic carbocycles. The second-order valence-electron chi connectivity index (χ2n) is 8.87. The van der Waals surface area contributed by atoms with Gasteiger partial charge in [0.1, 0.15) is 5.82 Å². The first kappa shape index (κ1) is 26.6. The summed E-state index contributed by atoms with van der Waals surface area (Å²) in [6, 6.07) is 9.54. The summed E-state index contributed by atoms with van der Waals surface area (Å²) in [5, 5.41) is 0. The van der Waals surface area contributed by atoms with Crippen LogP contribution in [0.3, 0.4) is 0 Å². The highest BCUT2D eigenvalue weighted by Gasteiger charge is 2.39. The minimum Gasteiger partial charge on any atom is -0.333 e. The van der Waals surface area contributed by atoms with Gasteiger partial charge in [0.25, 0.3) is 5.91 Å².